The van der Waals surface area contributed by atoms with Gasteiger partial charge in [0.1, 0.15) is 29.1 Å². The third-order valence-corrected chi connectivity index (χ3v) is 5.47. The number of ketones is 1. The fraction of sp³-hybridized carbons (Fsp3) is 0.130. The number of carbonyl (C=O) groups excluding carboxylic acids is 1. The van der Waals surface area contributed by atoms with E-state index in [0.717, 1.165) is 28.3 Å². The number of benzene rings is 3. The highest BCUT2D eigenvalue weighted by atomic mass is 35.5. The second-order valence-corrected chi connectivity index (χ2v) is 7.95. The lowest BCUT2D eigenvalue weighted by Crippen LogP contribution is -2.19. The first kappa shape index (κ1) is 21.7. The Balaban J connectivity index is 1.59. The zero-order valence-corrected chi connectivity index (χ0v) is 18.4. The average Bonchev–Trinajstić information content (AvgIpc) is 3.23. The molecule has 0 saturated carbocycles. The number of carboxylic acids is 1. The van der Waals surface area contributed by atoms with E-state index in [-0.39, 0.29) is 23.7 Å². The lowest BCUT2D eigenvalue weighted by molar-refractivity contribution is -0.145. The SMILES string of the molecule is CC(=O)c1ccc(OCc2ccc3nsnc3c2)cc1OC(C(=O)O)c1cccc(Cl)c1. The first-order valence-electron chi connectivity index (χ1n) is 9.54. The van der Waals surface area contributed by atoms with Gasteiger partial charge in [0.05, 0.1) is 17.3 Å². The summed E-state index contributed by atoms with van der Waals surface area (Å²) in [5, 5.41) is 10.1. The molecule has 1 unspecified atom stereocenters. The van der Waals surface area contributed by atoms with Crippen LogP contribution in [0.4, 0.5) is 0 Å². The molecule has 0 aliphatic carbocycles. The molecule has 32 heavy (non-hydrogen) atoms. The van der Waals surface area contributed by atoms with Gasteiger partial charge >= 0.3 is 5.97 Å². The molecule has 162 valence electrons. The number of hydrogen-bond donors (Lipinski definition) is 1. The van der Waals surface area contributed by atoms with Crippen molar-refractivity contribution in [2.75, 3.05) is 0 Å². The molecule has 0 saturated heterocycles. The van der Waals surface area contributed by atoms with E-state index in [1.165, 1.54) is 19.1 Å². The van der Waals surface area contributed by atoms with Gasteiger partial charge in [0.15, 0.2) is 5.78 Å². The van der Waals surface area contributed by atoms with E-state index in [1.807, 2.05) is 18.2 Å². The molecular formula is C23H17ClN2O5S. The number of rotatable bonds is 8. The van der Waals surface area contributed by atoms with E-state index in [4.69, 9.17) is 21.1 Å². The average molecular weight is 469 g/mol. The van der Waals surface area contributed by atoms with Gasteiger partial charge in [-0.3, -0.25) is 4.79 Å². The summed E-state index contributed by atoms with van der Waals surface area (Å²) in [6, 6.07) is 16.7. The molecule has 1 atom stereocenters. The number of aromatic nitrogens is 2. The van der Waals surface area contributed by atoms with Crippen molar-refractivity contribution in [3.63, 3.8) is 0 Å². The molecule has 0 fully saturated rings. The fourth-order valence-electron chi connectivity index (χ4n) is 3.12. The maximum absolute atomic E-state index is 12.1. The molecule has 0 aliphatic rings. The molecule has 7 nitrogen and oxygen atoms in total. The summed E-state index contributed by atoms with van der Waals surface area (Å²) < 4.78 is 20.0. The number of nitrogens with zero attached hydrogens (tertiary/aromatic N) is 2. The van der Waals surface area contributed by atoms with E-state index < -0.39 is 12.1 Å². The van der Waals surface area contributed by atoms with Gasteiger partial charge in [-0.05, 0) is 48.9 Å². The molecule has 1 N–H and O–H groups in total. The summed E-state index contributed by atoms with van der Waals surface area (Å²) in [5.74, 6) is -0.931. The largest absolute Gasteiger partial charge is 0.489 e. The van der Waals surface area contributed by atoms with Gasteiger partial charge in [0.25, 0.3) is 0 Å². The highest BCUT2D eigenvalue weighted by Gasteiger charge is 2.24. The van der Waals surface area contributed by atoms with Crippen molar-refractivity contribution in [1.82, 2.24) is 8.75 Å². The van der Waals surface area contributed by atoms with Crippen LogP contribution in [-0.2, 0) is 11.4 Å². The Morgan fingerprint density at radius 3 is 2.62 bits per heavy atom. The summed E-state index contributed by atoms with van der Waals surface area (Å²) >= 11 is 7.15. The Morgan fingerprint density at radius 2 is 1.88 bits per heavy atom. The van der Waals surface area contributed by atoms with Gasteiger partial charge in [-0.1, -0.05) is 29.8 Å². The monoisotopic (exact) mass is 468 g/mol. The van der Waals surface area contributed by atoms with Crippen LogP contribution in [-0.4, -0.2) is 25.6 Å². The molecule has 0 bridgehead atoms. The van der Waals surface area contributed by atoms with Crippen LogP contribution in [0.2, 0.25) is 5.02 Å². The predicted molar refractivity (Wildman–Crippen MR) is 121 cm³/mol. The molecule has 3 aromatic carbocycles. The van der Waals surface area contributed by atoms with E-state index in [0.29, 0.717) is 16.3 Å². The highest BCUT2D eigenvalue weighted by Crippen LogP contribution is 2.31. The molecule has 1 aromatic heterocycles. The standard InChI is InChI=1S/C23H17ClN2O5S/c1-13(27)18-7-6-17(30-12-14-5-8-19-20(9-14)26-32-25-19)11-21(18)31-22(23(28)29)15-3-2-4-16(24)10-15/h2-11,22H,12H2,1H3,(H,28,29). The normalized spacial score (nSPS) is 11.8. The quantitative estimate of drug-likeness (QED) is 0.349. The minimum atomic E-state index is -1.35. The number of halogens is 1. The fourth-order valence-corrected chi connectivity index (χ4v) is 3.84. The maximum Gasteiger partial charge on any atom is 0.349 e. The maximum atomic E-state index is 12.1. The minimum absolute atomic E-state index is 0.113. The Kier molecular flexibility index (Phi) is 6.34. The molecule has 0 radical (unpaired) electrons. The lowest BCUT2D eigenvalue weighted by atomic mass is 10.1. The van der Waals surface area contributed by atoms with Gasteiger partial charge in [-0.15, -0.1) is 0 Å². The summed E-state index contributed by atoms with van der Waals surface area (Å²) in [6.45, 7) is 1.64. The van der Waals surface area contributed by atoms with Crippen LogP contribution in [0.5, 0.6) is 11.5 Å². The molecular weight excluding hydrogens is 452 g/mol. The lowest BCUT2D eigenvalue weighted by Gasteiger charge is -2.18. The number of fused-ring (bicyclic) bond motifs is 1. The second kappa shape index (κ2) is 9.33. The van der Waals surface area contributed by atoms with Crippen LogP contribution in [0.25, 0.3) is 11.0 Å². The topological polar surface area (TPSA) is 98.6 Å². The Morgan fingerprint density at radius 1 is 1.06 bits per heavy atom. The van der Waals surface area contributed by atoms with Crippen LogP contribution >= 0.6 is 23.3 Å². The summed E-state index contributed by atoms with van der Waals surface area (Å²) in [7, 11) is 0. The van der Waals surface area contributed by atoms with E-state index in [9.17, 15) is 14.7 Å². The van der Waals surface area contributed by atoms with Crippen LogP contribution < -0.4 is 9.47 Å². The third kappa shape index (κ3) is 4.87. The van der Waals surface area contributed by atoms with Crippen molar-refractivity contribution in [3.8, 4) is 11.5 Å². The number of ether oxygens (including phenoxy) is 2. The van der Waals surface area contributed by atoms with Gasteiger partial charge in [-0.2, -0.15) is 8.75 Å². The van der Waals surface area contributed by atoms with Gasteiger partial charge in [0, 0.05) is 16.7 Å². The Bertz CT molecular complexity index is 1310. The Labute approximate surface area is 192 Å². The second-order valence-electron chi connectivity index (χ2n) is 6.98. The van der Waals surface area contributed by atoms with Crippen molar-refractivity contribution >= 4 is 46.1 Å². The molecule has 4 aromatic rings. The van der Waals surface area contributed by atoms with Crippen molar-refractivity contribution in [2.45, 2.75) is 19.6 Å². The van der Waals surface area contributed by atoms with Crippen LogP contribution in [0.15, 0.2) is 60.7 Å². The smallest absolute Gasteiger partial charge is 0.349 e. The molecule has 9 heteroatoms. The molecule has 4 rings (SSSR count). The van der Waals surface area contributed by atoms with Crippen LogP contribution in [0, 0.1) is 0 Å². The molecule has 0 amide bonds. The van der Waals surface area contributed by atoms with E-state index in [2.05, 4.69) is 8.75 Å². The minimum Gasteiger partial charge on any atom is -0.489 e. The highest BCUT2D eigenvalue weighted by molar-refractivity contribution is 7.00. The number of hydrogen-bond acceptors (Lipinski definition) is 7. The van der Waals surface area contributed by atoms with E-state index >= 15 is 0 Å². The first-order valence-corrected chi connectivity index (χ1v) is 10.7. The molecule has 0 spiro atoms. The van der Waals surface area contributed by atoms with Crippen molar-refractivity contribution < 1.29 is 24.2 Å². The Hall–Kier alpha value is -3.49. The summed E-state index contributed by atoms with van der Waals surface area (Å²) in [6.07, 6.45) is -1.35. The predicted octanol–water partition coefficient (Wildman–Crippen LogP) is 5.33. The molecule has 1 heterocycles. The van der Waals surface area contributed by atoms with Gasteiger partial charge in [0.2, 0.25) is 6.10 Å². The zero-order valence-electron chi connectivity index (χ0n) is 16.8. The molecule has 0 aliphatic heterocycles. The number of carbonyl (C=O) groups is 2. The van der Waals surface area contributed by atoms with Gasteiger partial charge < -0.3 is 14.6 Å². The van der Waals surface area contributed by atoms with Crippen LogP contribution in [0.1, 0.15) is 34.5 Å². The summed E-state index contributed by atoms with van der Waals surface area (Å²) in [5.41, 5.74) is 3.11. The van der Waals surface area contributed by atoms with Gasteiger partial charge in [-0.25, -0.2) is 4.79 Å². The summed E-state index contributed by atoms with van der Waals surface area (Å²) in [4.78, 5) is 24.0. The number of Topliss-reactive ketones (excluding diaryl/α,β-unsaturated/α-hetero) is 1. The van der Waals surface area contributed by atoms with Crippen molar-refractivity contribution in [1.29, 1.82) is 0 Å². The number of aliphatic carboxylic acids is 1. The van der Waals surface area contributed by atoms with Crippen LogP contribution in [0.3, 0.4) is 0 Å². The number of carboxylic acid groups (broad SMARTS) is 1. The third-order valence-electron chi connectivity index (χ3n) is 4.68. The van der Waals surface area contributed by atoms with Crippen molar-refractivity contribution in [2.24, 2.45) is 0 Å². The van der Waals surface area contributed by atoms with Crippen molar-refractivity contribution in [3.05, 3.63) is 82.4 Å². The van der Waals surface area contributed by atoms with E-state index in [1.54, 1.807) is 30.3 Å². The zero-order chi connectivity index (χ0) is 22.7. The first-order chi connectivity index (χ1) is 15.4.